The third-order valence-electron chi connectivity index (χ3n) is 12.2. The number of nitrogens with zero attached hydrogens (tertiary/aromatic N) is 3. The van der Waals surface area contributed by atoms with Crippen LogP contribution in [0.2, 0.25) is 0 Å². The van der Waals surface area contributed by atoms with Gasteiger partial charge in [0.05, 0.1) is 22.9 Å². The molecule has 0 bridgehead atoms. The van der Waals surface area contributed by atoms with Gasteiger partial charge in [-0.3, -0.25) is 19.2 Å². The number of carbonyl (C=O) groups is 4. The SMILES string of the molecule is CCCc1ccc(CCC(=O)O[C@H]2CC[C@H](C(=O)Oc3ccc(OC(=O)[C@H]4CC[C@H](OC(=O)CCc5ccc(CCC)cc5)CC4)c4c(C)nc(-c5nc(C)cs5)nc34)CC2)cc1. The lowest BCUT2D eigenvalue weighted by Crippen LogP contribution is -2.30. The zero-order chi connectivity index (χ0) is 44.3. The van der Waals surface area contributed by atoms with Gasteiger partial charge in [0.1, 0.15) is 23.5 Å². The van der Waals surface area contributed by atoms with Crippen LogP contribution in [0.15, 0.2) is 66.0 Å². The Bertz CT molecular complexity index is 2360. The van der Waals surface area contributed by atoms with Crippen LogP contribution < -0.4 is 9.47 Å². The zero-order valence-corrected chi connectivity index (χ0v) is 37.8. The van der Waals surface area contributed by atoms with Crippen LogP contribution in [0.4, 0.5) is 0 Å². The van der Waals surface area contributed by atoms with Crippen LogP contribution in [0.1, 0.15) is 125 Å². The van der Waals surface area contributed by atoms with E-state index < -0.39 is 5.97 Å². The van der Waals surface area contributed by atoms with E-state index in [9.17, 15) is 19.2 Å². The number of hydrogen-bond donors (Lipinski definition) is 0. The normalized spacial score (nSPS) is 18.7. The van der Waals surface area contributed by atoms with E-state index in [0.717, 1.165) is 42.5 Å². The molecular formula is C51H59N3O8S. The molecule has 11 nitrogen and oxygen atoms in total. The monoisotopic (exact) mass is 873 g/mol. The molecule has 3 aromatic carbocycles. The highest BCUT2D eigenvalue weighted by Gasteiger charge is 2.32. The fraction of sp³-hybridized carbons (Fsp3) is 0.471. The molecule has 63 heavy (non-hydrogen) atoms. The first-order valence-electron chi connectivity index (χ1n) is 22.8. The molecule has 2 aromatic heterocycles. The molecule has 2 heterocycles. The molecule has 2 fully saturated rings. The quantitative estimate of drug-likeness (QED) is 0.0650. The summed E-state index contributed by atoms with van der Waals surface area (Å²) in [6.45, 7) is 8.02. The van der Waals surface area contributed by atoms with Crippen molar-refractivity contribution in [3.05, 3.63) is 99.7 Å². The number of benzene rings is 3. The molecule has 0 amide bonds. The third-order valence-corrected chi connectivity index (χ3v) is 13.1. The number of carbonyl (C=O) groups excluding carboxylic acids is 4. The molecule has 12 heteroatoms. The number of thiazole rings is 1. The Morgan fingerprint density at radius 3 is 1.46 bits per heavy atom. The van der Waals surface area contributed by atoms with Gasteiger partial charge < -0.3 is 18.9 Å². The van der Waals surface area contributed by atoms with Crippen LogP contribution in [0, 0.1) is 25.7 Å². The zero-order valence-electron chi connectivity index (χ0n) is 37.0. The summed E-state index contributed by atoms with van der Waals surface area (Å²) in [5.41, 5.74) is 6.55. The van der Waals surface area contributed by atoms with E-state index in [2.05, 4.69) is 67.4 Å². The molecule has 0 unspecified atom stereocenters. The minimum absolute atomic E-state index is 0.224. The summed E-state index contributed by atoms with van der Waals surface area (Å²) in [5.74, 6) is -1.07. The molecule has 2 saturated carbocycles. The van der Waals surface area contributed by atoms with Gasteiger partial charge in [-0.15, -0.1) is 11.3 Å². The van der Waals surface area contributed by atoms with E-state index in [0.29, 0.717) is 104 Å². The van der Waals surface area contributed by atoms with Crippen LogP contribution >= 0.6 is 11.3 Å². The van der Waals surface area contributed by atoms with E-state index in [4.69, 9.17) is 28.9 Å². The third kappa shape index (κ3) is 12.4. The number of hydrogen-bond acceptors (Lipinski definition) is 12. The van der Waals surface area contributed by atoms with Crippen LogP contribution in [0.25, 0.3) is 21.7 Å². The standard InChI is InChI=1S/C51H59N3O8S/c1-5-7-34-9-13-36(14-10-34)17-29-44(55)59-40-23-19-38(20-24-40)50(57)61-42-27-28-43(47-46(42)33(4)53-48(54-47)49-52-32(3)31-63-49)62-51(58)39-21-25-41(26-22-39)60-45(56)30-18-37-15-11-35(8-6-2)12-16-37/h9-16,27-28,31,38-41H,5-8,17-26,29-30H2,1-4H3/t38-,39-,40-,41-. The van der Waals surface area contributed by atoms with Gasteiger partial charge in [0.2, 0.25) is 0 Å². The molecule has 0 atom stereocenters. The number of aryl methyl sites for hydroxylation is 6. The van der Waals surface area contributed by atoms with E-state index >= 15 is 0 Å². The first-order valence-corrected chi connectivity index (χ1v) is 23.6. The first-order chi connectivity index (χ1) is 30.5. The lowest BCUT2D eigenvalue weighted by Gasteiger charge is -2.27. The Morgan fingerprint density at radius 2 is 1.02 bits per heavy atom. The molecule has 2 aliphatic carbocycles. The van der Waals surface area contributed by atoms with Crippen molar-refractivity contribution in [2.45, 2.75) is 143 Å². The predicted octanol–water partition coefficient (Wildman–Crippen LogP) is 10.6. The van der Waals surface area contributed by atoms with Gasteiger partial charge in [-0.2, -0.15) is 0 Å². The maximum atomic E-state index is 13.7. The molecule has 0 radical (unpaired) electrons. The van der Waals surface area contributed by atoms with Crippen molar-refractivity contribution in [1.29, 1.82) is 0 Å². The smallest absolute Gasteiger partial charge is 0.314 e. The Hall–Kier alpha value is -5.49. The summed E-state index contributed by atoms with van der Waals surface area (Å²) in [6, 6.07) is 20.1. The molecule has 0 aliphatic heterocycles. The number of aromatic nitrogens is 3. The molecule has 7 rings (SSSR count). The Kier molecular flexibility index (Phi) is 15.7. The van der Waals surface area contributed by atoms with Crippen molar-refractivity contribution in [1.82, 2.24) is 15.0 Å². The lowest BCUT2D eigenvalue weighted by atomic mass is 9.87. The van der Waals surface area contributed by atoms with Crippen LogP contribution in [0.3, 0.4) is 0 Å². The summed E-state index contributed by atoms with van der Waals surface area (Å²) in [4.78, 5) is 67.0. The number of rotatable bonds is 17. The van der Waals surface area contributed by atoms with Crippen molar-refractivity contribution < 1.29 is 38.1 Å². The minimum Gasteiger partial charge on any atom is -0.462 e. The van der Waals surface area contributed by atoms with Crippen molar-refractivity contribution in [2.24, 2.45) is 11.8 Å². The van der Waals surface area contributed by atoms with Gasteiger partial charge >= 0.3 is 23.9 Å². The van der Waals surface area contributed by atoms with Crippen LogP contribution in [-0.4, -0.2) is 51.0 Å². The van der Waals surface area contributed by atoms with Crippen molar-refractivity contribution >= 4 is 46.1 Å². The highest BCUT2D eigenvalue weighted by molar-refractivity contribution is 7.13. The fourth-order valence-electron chi connectivity index (χ4n) is 8.60. The van der Waals surface area contributed by atoms with E-state index in [1.54, 1.807) is 12.1 Å². The van der Waals surface area contributed by atoms with E-state index in [-0.39, 0.29) is 53.5 Å². The molecular weight excluding hydrogens is 815 g/mol. The Balaban J connectivity index is 0.943. The van der Waals surface area contributed by atoms with Gasteiger partial charge in [0.25, 0.3) is 0 Å². The van der Waals surface area contributed by atoms with E-state index in [1.165, 1.54) is 22.5 Å². The number of ether oxygens (including phenoxy) is 4. The lowest BCUT2D eigenvalue weighted by molar-refractivity contribution is -0.153. The molecule has 0 N–H and O–H groups in total. The number of fused-ring (bicyclic) bond motifs is 1. The largest absolute Gasteiger partial charge is 0.462 e. The van der Waals surface area contributed by atoms with Gasteiger partial charge in [-0.1, -0.05) is 75.2 Å². The molecule has 0 saturated heterocycles. The minimum atomic E-state index is -0.390. The van der Waals surface area contributed by atoms with Gasteiger partial charge in [0.15, 0.2) is 16.6 Å². The maximum Gasteiger partial charge on any atom is 0.314 e. The summed E-state index contributed by atoms with van der Waals surface area (Å²) in [7, 11) is 0. The second kappa shape index (κ2) is 21.7. The highest BCUT2D eigenvalue weighted by Crippen LogP contribution is 2.38. The highest BCUT2D eigenvalue weighted by atomic mass is 32.1. The van der Waals surface area contributed by atoms with Crippen LogP contribution in [0.5, 0.6) is 11.5 Å². The number of esters is 4. The molecule has 2 aliphatic rings. The Morgan fingerprint density at radius 1 is 0.571 bits per heavy atom. The van der Waals surface area contributed by atoms with Gasteiger partial charge in [-0.25, -0.2) is 15.0 Å². The fourth-order valence-corrected chi connectivity index (χ4v) is 9.33. The van der Waals surface area contributed by atoms with Crippen molar-refractivity contribution in [3.8, 4) is 22.3 Å². The van der Waals surface area contributed by atoms with Gasteiger partial charge in [0, 0.05) is 23.9 Å². The summed E-state index contributed by atoms with van der Waals surface area (Å²) in [6.07, 6.45) is 10.1. The topological polar surface area (TPSA) is 144 Å². The average molecular weight is 874 g/mol. The van der Waals surface area contributed by atoms with E-state index in [1.807, 2.05) is 19.2 Å². The molecule has 5 aromatic rings. The van der Waals surface area contributed by atoms with Crippen molar-refractivity contribution in [2.75, 3.05) is 0 Å². The molecule has 0 spiro atoms. The summed E-state index contributed by atoms with van der Waals surface area (Å²) < 4.78 is 23.8. The maximum absolute atomic E-state index is 13.7. The predicted molar refractivity (Wildman–Crippen MR) is 243 cm³/mol. The molecule has 332 valence electrons. The summed E-state index contributed by atoms with van der Waals surface area (Å²) in [5, 5.41) is 3.01. The summed E-state index contributed by atoms with van der Waals surface area (Å²) >= 11 is 1.41. The average Bonchev–Trinajstić information content (AvgIpc) is 3.73. The second-order valence-corrected chi connectivity index (χ2v) is 18.0. The van der Waals surface area contributed by atoms with Crippen molar-refractivity contribution in [3.63, 3.8) is 0 Å². The van der Waals surface area contributed by atoms with Gasteiger partial charge in [-0.05, 0) is 125 Å². The first kappa shape index (κ1) is 45.5. The van der Waals surface area contributed by atoms with Crippen LogP contribution in [-0.2, 0) is 54.3 Å². The Labute approximate surface area is 374 Å². The second-order valence-electron chi connectivity index (χ2n) is 17.1.